The molecule has 3 heterocycles. The Kier molecular flexibility index (Phi) is 7.70. The highest BCUT2D eigenvalue weighted by Crippen LogP contribution is 2.22. The van der Waals surface area contributed by atoms with Gasteiger partial charge >= 0.3 is 5.97 Å². The number of ether oxygens (including phenoxy) is 1. The van der Waals surface area contributed by atoms with Crippen molar-refractivity contribution in [3.63, 3.8) is 0 Å². The van der Waals surface area contributed by atoms with Crippen LogP contribution in [0.2, 0.25) is 0 Å². The lowest BCUT2D eigenvalue weighted by atomic mass is 9.95. The third-order valence-corrected chi connectivity index (χ3v) is 6.04. The topological polar surface area (TPSA) is 100 Å². The van der Waals surface area contributed by atoms with Crippen LogP contribution in [0.15, 0.2) is 23.0 Å². The molecule has 31 heavy (non-hydrogen) atoms. The van der Waals surface area contributed by atoms with Gasteiger partial charge in [0.05, 0.1) is 30.9 Å². The number of hydrogen-bond acceptors (Lipinski definition) is 6. The third kappa shape index (κ3) is 5.65. The molecule has 3 rings (SSSR count). The van der Waals surface area contributed by atoms with Crippen molar-refractivity contribution < 1.29 is 28.3 Å². The summed E-state index contributed by atoms with van der Waals surface area (Å²) < 4.78 is 10.0. The van der Waals surface area contributed by atoms with Gasteiger partial charge in [-0.2, -0.15) is 0 Å². The van der Waals surface area contributed by atoms with Crippen LogP contribution in [-0.4, -0.2) is 84.8 Å². The monoisotopic (exact) mass is 433 g/mol. The molecule has 9 nitrogen and oxygen atoms in total. The molecular weight excluding hydrogens is 402 g/mol. The van der Waals surface area contributed by atoms with Gasteiger partial charge in [0.1, 0.15) is 6.26 Å². The smallest absolute Gasteiger partial charge is 0.310 e. The van der Waals surface area contributed by atoms with E-state index in [9.17, 15) is 19.2 Å². The summed E-state index contributed by atoms with van der Waals surface area (Å²) >= 11 is 0. The van der Waals surface area contributed by atoms with Crippen LogP contribution in [0.1, 0.15) is 43.0 Å². The van der Waals surface area contributed by atoms with Crippen LogP contribution in [0, 0.1) is 11.8 Å². The predicted molar refractivity (Wildman–Crippen MR) is 111 cm³/mol. The molecule has 0 spiro atoms. The Morgan fingerprint density at radius 3 is 2.48 bits per heavy atom. The van der Waals surface area contributed by atoms with E-state index < -0.39 is 0 Å². The summed E-state index contributed by atoms with van der Waals surface area (Å²) in [5.41, 5.74) is 0.509. The molecule has 2 fully saturated rings. The number of carbonyl (C=O) groups excluding carboxylic acids is 4. The number of furan rings is 1. The second-order valence-electron chi connectivity index (χ2n) is 8.20. The number of amides is 3. The highest BCUT2D eigenvalue weighted by molar-refractivity contribution is 5.94. The summed E-state index contributed by atoms with van der Waals surface area (Å²) in [4.78, 5) is 54.8. The summed E-state index contributed by atoms with van der Waals surface area (Å²) in [6.45, 7) is 4.00. The van der Waals surface area contributed by atoms with E-state index in [4.69, 9.17) is 9.15 Å². The van der Waals surface area contributed by atoms with Crippen molar-refractivity contribution in [3.05, 3.63) is 24.2 Å². The zero-order chi connectivity index (χ0) is 22.4. The zero-order valence-corrected chi connectivity index (χ0v) is 18.2. The van der Waals surface area contributed by atoms with Gasteiger partial charge < -0.3 is 23.9 Å². The molecule has 2 saturated heterocycles. The van der Waals surface area contributed by atoms with E-state index in [1.807, 2.05) is 0 Å². The lowest BCUT2D eigenvalue weighted by Gasteiger charge is -2.35. The molecule has 0 radical (unpaired) electrons. The van der Waals surface area contributed by atoms with Gasteiger partial charge in [-0.25, -0.2) is 0 Å². The first kappa shape index (κ1) is 22.8. The Labute approximate surface area is 182 Å². The number of hydrogen-bond donors (Lipinski definition) is 0. The quantitative estimate of drug-likeness (QED) is 0.629. The first-order valence-electron chi connectivity index (χ1n) is 10.9. The second kappa shape index (κ2) is 10.5. The van der Waals surface area contributed by atoms with E-state index in [1.54, 1.807) is 29.8 Å². The Bertz CT molecular complexity index is 785. The largest absolute Gasteiger partial charge is 0.472 e. The summed E-state index contributed by atoms with van der Waals surface area (Å²) in [5.74, 6) is -1.10. The maximum Gasteiger partial charge on any atom is 0.310 e. The molecule has 2 aliphatic rings. The number of piperidine rings is 2. The van der Waals surface area contributed by atoms with E-state index >= 15 is 0 Å². The summed E-state index contributed by atoms with van der Waals surface area (Å²) in [7, 11) is 1.63. The van der Waals surface area contributed by atoms with Gasteiger partial charge in [0.2, 0.25) is 11.8 Å². The van der Waals surface area contributed by atoms with Crippen LogP contribution in [0.25, 0.3) is 0 Å². The van der Waals surface area contributed by atoms with Gasteiger partial charge in [-0.1, -0.05) is 0 Å². The molecule has 3 amide bonds. The van der Waals surface area contributed by atoms with Gasteiger partial charge in [0.15, 0.2) is 0 Å². The molecule has 0 aromatic carbocycles. The Morgan fingerprint density at radius 2 is 1.84 bits per heavy atom. The first-order valence-corrected chi connectivity index (χ1v) is 10.9. The Hall–Kier alpha value is -2.84. The fourth-order valence-corrected chi connectivity index (χ4v) is 4.25. The van der Waals surface area contributed by atoms with Crippen LogP contribution in [0.3, 0.4) is 0 Å². The van der Waals surface area contributed by atoms with E-state index in [0.29, 0.717) is 57.6 Å². The molecule has 0 bridgehead atoms. The van der Waals surface area contributed by atoms with Crippen molar-refractivity contribution in [2.24, 2.45) is 11.8 Å². The number of carbonyl (C=O) groups is 4. The second-order valence-corrected chi connectivity index (χ2v) is 8.20. The van der Waals surface area contributed by atoms with Gasteiger partial charge in [-0.3, -0.25) is 19.2 Å². The summed E-state index contributed by atoms with van der Waals surface area (Å²) in [5, 5.41) is 0. The van der Waals surface area contributed by atoms with Crippen LogP contribution < -0.4 is 0 Å². The number of likely N-dealkylation sites (tertiary alicyclic amines) is 2. The third-order valence-electron chi connectivity index (χ3n) is 6.04. The molecule has 0 saturated carbocycles. The van der Waals surface area contributed by atoms with E-state index in [2.05, 4.69) is 0 Å². The Balaban J connectivity index is 1.46. The zero-order valence-electron chi connectivity index (χ0n) is 18.2. The standard InChI is InChI=1S/C22H31N3O6/c1-3-31-22(29)17-5-4-9-25(13-17)19(26)14-23(2)20(27)16-6-10-24(11-7-16)21(28)18-8-12-30-15-18/h8,12,15-17H,3-7,9-11,13-14H2,1-2H3. The highest BCUT2D eigenvalue weighted by atomic mass is 16.5. The SMILES string of the molecule is CCOC(=O)C1CCCN(C(=O)CN(C)C(=O)C2CCN(C(=O)c3ccoc3)CC2)C1. The fourth-order valence-electron chi connectivity index (χ4n) is 4.25. The minimum absolute atomic E-state index is 0.0114. The maximum atomic E-state index is 12.8. The van der Waals surface area contributed by atoms with Crippen molar-refractivity contribution in [2.75, 3.05) is 46.4 Å². The average molecular weight is 434 g/mol. The number of likely N-dealkylation sites (N-methyl/N-ethyl adjacent to an activating group) is 1. The highest BCUT2D eigenvalue weighted by Gasteiger charge is 2.33. The minimum atomic E-state index is -0.296. The van der Waals surface area contributed by atoms with Gasteiger partial charge in [0, 0.05) is 39.1 Å². The average Bonchev–Trinajstić information content (AvgIpc) is 3.33. The number of esters is 1. The molecule has 170 valence electrons. The lowest BCUT2D eigenvalue weighted by molar-refractivity contribution is -0.152. The summed E-state index contributed by atoms with van der Waals surface area (Å²) in [6, 6.07) is 1.63. The molecule has 0 aliphatic carbocycles. The predicted octanol–water partition coefficient (Wildman–Crippen LogP) is 1.39. The van der Waals surface area contributed by atoms with Crippen molar-refractivity contribution >= 4 is 23.7 Å². The van der Waals surface area contributed by atoms with Crippen LogP contribution in [0.5, 0.6) is 0 Å². The minimum Gasteiger partial charge on any atom is -0.472 e. The maximum absolute atomic E-state index is 12.8. The molecule has 1 aromatic rings. The van der Waals surface area contributed by atoms with Crippen LogP contribution in [-0.2, 0) is 19.1 Å². The number of rotatable bonds is 6. The van der Waals surface area contributed by atoms with Gasteiger partial charge in [0.25, 0.3) is 5.91 Å². The van der Waals surface area contributed by atoms with Crippen LogP contribution in [0.4, 0.5) is 0 Å². The molecule has 0 N–H and O–H groups in total. The Morgan fingerprint density at radius 1 is 1.10 bits per heavy atom. The van der Waals surface area contributed by atoms with Crippen LogP contribution >= 0.6 is 0 Å². The molecule has 1 aromatic heterocycles. The normalized spacial score (nSPS) is 19.7. The van der Waals surface area contributed by atoms with Crippen molar-refractivity contribution in [1.29, 1.82) is 0 Å². The number of nitrogens with zero attached hydrogens (tertiary/aromatic N) is 3. The van der Waals surface area contributed by atoms with Gasteiger partial charge in [-0.05, 0) is 38.7 Å². The lowest BCUT2D eigenvalue weighted by Crippen LogP contribution is -2.49. The fraction of sp³-hybridized carbons (Fsp3) is 0.636. The summed E-state index contributed by atoms with van der Waals surface area (Å²) in [6.07, 6.45) is 5.48. The van der Waals surface area contributed by atoms with Crippen molar-refractivity contribution in [2.45, 2.75) is 32.6 Å². The molecule has 2 aliphatic heterocycles. The molecular formula is C22H31N3O6. The van der Waals surface area contributed by atoms with E-state index in [0.717, 1.165) is 6.42 Å². The molecule has 9 heteroatoms. The van der Waals surface area contributed by atoms with Gasteiger partial charge in [-0.15, -0.1) is 0 Å². The van der Waals surface area contributed by atoms with Crippen molar-refractivity contribution in [1.82, 2.24) is 14.7 Å². The first-order chi connectivity index (χ1) is 14.9. The van der Waals surface area contributed by atoms with E-state index in [1.165, 1.54) is 17.4 Å². The van der Waals surface area contributed by atoms with E-state index in [-0.39, 0.29) is 42.1 Å². The molecule has 1 atom stereocenters. The molecule has 1 unspecified atom stereocenters. The van der Waals surface area contributed by atoms with Crippen molar-refractivity contribution in [3.8, 4) is 0 Å².